The molecule has 0 saturated heterocycles. The van der Waals surface area contributed by atoms with Crippen LogP contribution in [0.15, 0.2) is 291 Å². The van der Waals surface area contributed by atoms with Gasteiger partial charge in [0.15, 0.2) is 0 Å². The molecule has 0 amide bonds. The lowest BCUT2D eigenvalue weighted by Crippen LogP contribution is -2.09. The summed E-state index contributed by atoms with van der Waals surface area (Å²) in [4.78, 5) is 47.9. The molecule has 0 spiro atoms. The van der Waals surface area contributed by atoms with E-state index >= 15 is 0 Å². The summed E-state index contributed by atoms with van der Waals surface area (Å²) in [5.41, 5.74) is 19.9. The molecule has 0 N–H and O–H groups in total. The van der Waals surface area contributed by atoms with E-state index < -0.39 is 0 Å². The molecule has 12 aromatic carbocycles. The van der Waals surface area contributed by atoms with Gasteiger partial charge in [0, 0.05) is 28.4 Å². The van der Waals surface area contributed by atoms with Crippen molar-refractivity contribution in [1.29, 1.82) is 0 Å². The summed E-state index contributed by atoms with van der Waals surface area (Å²) in [6, 6.07) is 96.0. The molecule has 118 heavy (non-hydrogen) atoms. The molecule has 16 heteroatoms. The van der Waals surface area contributed by atoms with Crippen LogP contribution in [0.4, 0.5) is 0 Å². The van der Waals surface area contributed by atoms with Crippen molar-refractivity contribution < 1.29 is 76.0 Å². The first-order chi connectivity index (χ1) is 57.8. The van der Waals surface area contributed by atoms with Gasteiger partial charge >= 0.3 is 23.9 Å². The number of methoxy groups -OCH3 is 4. The molecule has 12 rings (SSSR count). The quantitative estimate of drug-likeness (QED) is 0.0202. The van der Waals surface area contributed by atoms with Gasteiger partial charge in [0.2, 0.25) is 0 Å². The second kappa shape index (κ2) is 50.1. The number of unbranched alkanes of at least 4 members (excludes halogenated alkanes) is 3. The van der Waals surface area contributed by atoms with E-state index in [-0.39, 0.29) is 50.3 Å². The van der Waals surface area contributed by atoms with Crippen molar-refractivity contribution in [2.75, 3.05) is 108 Å². The summed E-state index contributed by atoms with van der Waals surface area (Å²) in [7, 11) is 6.30. The third kappa shape index (κ3) is 29.1. The van der Waals surface area contributed by atoms with Crippen LogP contribution >= 0.6 is 0 Å². The normalized spacial score (nSPS) is 10.6. The maximum Gasteiger partial charge on any atom is 0.338 e. The SMILES string of the molecule is CCCCCOc1ccc(-c2ccc(-c3ccc(C(=O)OCCOC)cc3)cc2)cc1.CCCCOc1ccc(-c2ccc(-c3ccc(C(=O)OCCOC)cc3)cc2)cc1.CCCOc1ccc(-c2ccc(-c3ccc(C(=O)OCCOC)cc3)cc2)cc1.CCOc1ccc(-c2ccc(-c3ccc(C(=O)OCCOC)cc3)cc2)cc1. The maximum absolute atomic E-state index is 12.0. The van der Waals surface area contributed by atoms with Crippen molar-refractivity contribution in [3.63, 3.8) is 0 Å². The van der Waals surface area contributed by atoms with E-state index in [4.69, 9.17) is 56.8 Å². The first kappa shape index (κ1) is 89.5. The Morgan fingerprint density at radius 3 is 0.551 bits per heavy atom. The number of carbonyl (C=O) groups excluding carboxylic acids is 4. The van der Waals surface area contributed by atoms with Crippen LogP contribution in [0.2, 0.25) is 0 Å². The van der Waals surface area contributed by atoms with Crippen LogP contribution in [-0.2, 0) is 37.9 Å². The Morgan fingerprint density at radius 2 is 0.364 bits per heavy atom. The number of rotatable bonds is 38. The molecule has 0 aliphatic carbocycles. The number of ether oxygens (including phenoxy) is 12. The highest BCUT2D eigenvalue weighted by atomic mass is 16.6. The zero-order valence-electron chi connectivity index (χ0n) is 69.0. The third-order valence-electron chi connectivity index (χ3n) is 18.8. The number of hydrogen-bond donors (Lipinski definition) is 0. The Balaban J connectivity index is 0.000000179. The van der Waals surface area contributed by atoms with Gasteiger partial charge in [0.25, 0.3) is 0 Å². The number of esters is 4. The predicted octanol–water partition coefficient (Wildman–Crippen LogP) is 23.2. The highest BCUT2D eigenvalue weighted by molar-refractivity contribution is 5.92. The predicted molar refractivity (Wildman–Crippen MR) is 470 cm³/mol. The van der Waals surface area contributed by atoms with E-state index in [0.29, 0.717) is 55.3 Å². The van der Waals surface area contributed by atoms with E-state index in [9.17, 15) is 19.2 Å². The largest absolute Gasteiger partial charge is 0.494 e. The fourth-order valence-electron chi connectivity index (χ4n) is 12.1. The standard InChI is InChI=1S/C27H30O4.C26H28O4.C25H26O4.C24H24O4/c1-3-4-5-18-30-26-16-14-24(15-17-26)22-8-6-21(7-9-22)23-10-12-25(13-11-23)27(28)31-20-19-29-2;1-3-4-17-29-25-15-13-23(14-16-25)21-7-5-20(6-8-21)22-9-11-24(12-10-22)26(27)30-19-18-28-2;1-3-16-28-24-14-12-22(13-15-24)20-6-4-19(5-7-20)21-8-10-23(11-9-21)25(26)29-18-17-27-2;1-3-27-23-14-12-21(13-15-23)19-6-4-18(5-7-19)20-8-10-22(11-9-20)24(25)28-17-16-26-2/h6-17H,3-5,18-20H2,1-2H3;5-16H,3-4,17-19H2,1-2H3;4-15H,3,16-18H2,1-2H3;4-15H,3,16-17H2,1-2H3. The Hall–Kier alpha value is -12.4. The molecule has 0 bridgehead atoms. The van der Waals surface area contributed by atoms with E-state index in [1.165, 1.54) is 12.8 Å². The number of hydrogen-bond acceptors (Lipinski definition) is 16. The molecule has 0 heterocycles. The van der Waals surface area contributed by atoms with Gasteiger partial charge in [-0.15, -0.1) is 0 Å². The van der Waals surface area contributed by atoms with Crippen LogP contribution in [0, 0.1) is 0 Å². The van der Waals surface area contributed by atoms with Gasteiger partial charge in [-0.25, -0.2) is 19.2 Å². The second-order valence-corrected chi connectivity index (χ2v) is 27.3. The Morgan fingerprint density at radius 1 is 0.186 bits per heavy atom. The molecule has 0 aliphatic heterocycles. The number of carbonyl (C=O) groups is 4. The van der Waals surface area contributed by atoms with Crippen molar-refractivity contribution in [3.8, 4) is 112 Å². The summed E-state index contributed by atoms with van der Waals surface area (Å²) in [6.07, 6.45) is 6.69. The molecule has 16 nitrogen and oxygen atoms in total. The monoisotopic (exact) mass is 1590 g/mol. The Kier molecular flexibility index (Phi) is 38.0. The lowest BCUT2D eigenvalue weighted by molar-refractivity contribution is 0.0381. The van der Waals surface area contributed by atoms with E-state index in [1.54, 1.807) is 77.0 Å². The van der Waals surface area contributed by atoms with Crippen LogP contribution in [0.25, 0.3) is 89.0 Å². The summed E-state index contributed by atoms with van der Waals surface area (Å²) >= 11 is 0. The molecule has 0 atom stereocenters. The van der Waals surface area contributed by atoms with Gasteiger partial charge in [0.05, 0.1) is 75.1 Å². The maximum atomic E-state index is 12.0. The average Bonchev–Trinajstić information content (AvgIpc) is 0.842. The smallest absolute Gasteiger partial charge is 0.338 e. The molecule has 0 saturated carbocycles. The molecular weight excluding hydrogens is 1480 g/mol. The summed E-state index contributed by atoms with van der Waals surface area (Å²) in [5.74, 6) is 2.25. The van der Waals surface area contributed by atoms with Crippen LogP contribution in [0.5, 0.6) is 23.0 Å². The molecule has 612 valence electrons. The van der Waals surface area contributed by atoms with E-state index in [0.717, 1.165) is 158 Å². The fraction of sp³-hybridized carbons (Fsp3) is 0.255. The molecule has 0 aliphatic rings. The molecule has 0 aromatic heterocycles. The van der Waals surface area contributed by atoms with Crippen molar-refractivity contribution in [2.24, 2.45) is 0 Å². The summed E-state index contributed by atoms with van der Waals surface area (Å²) in [5, 5.41) is 0. The van der Waals surface area contributed by atoms with Crippen LogP contribution < -0.4 is 18.9 Å². The zero-order valence-corrected chi connectivity index (χ0v) is 69.0. The van der Waals surface area contributed by atoms with Gasteiger partial charge in [-0.1, -0.05) is 234 Å². The number of benzene rings is 12. The highest BCUT2D eigenvalue weighted by Gasteiger charge is 2.14. The summed E-state index contributed by atoms with van der Waals surface area (Å²) < 4.78 is 62.7. The Labute approximate surface area is 695 Å². The fourth-order valence-corrected chi connectivity index (χ4v) is 12.1. The van der Waals surface area contributed by atoms with Crippen molar-refractivity contribution in [3.05, 3.63) is 313 Å². The van der Waals surface area contributed by atoms with Crippen LogP contribution in [-0.4, -0.2) is 132 Å². The molecular formula is C102H108O16. The molecule has 0 fully saturated rings. The van der Waals surface area contributed by atoms with E-state index in [2.05, 4.69) is 166 Å². The van der Waals surface area contributed by atoms with Gasteiger partial charge in [-0.2, -0.15) is 0 Å². The average molecular weight is 1590 g/mol. The van der Waals surface area contributed by atoms with Gasteiger partial charge in [-0.05, 0) is 212 Å². The van der Waals surface area contributed by atoms with E-state index in [1.807, 2.05) is 104 Å². The molecule has 12 aromatic rings. The minimum atomic E-state index is -0.338. The zero-order chi connectivity index (χ0) is 83.3. The minimum Gasteiger partial charge on any atom is -0.494 e. The van der Waals surface area contributed by atoms with Crippen molar-refractivity contribution in [2.45, 2.75) is 66.2 Å². The van der Waals surface area contributed by atoms with Crippen molar-refractivity contribution >= 4 is 23.9 Å². The molecule has 0 unspecified atom stereocenters. The molecule has 0 radical (unpaired) electrons. The second-order valence-electron chi connectivity index (χ2n) is 27.3. The first-order valence-corrected chi connectivity index (χ1v) is 40.2. The van der Waals surface area contributed by atoms with Gasteiger partial charge in [0.1, 0.15) is 49.4 Å². The minimum absolute atomic E-state index is 0.254. The first-order valence-electron chi connectivity index (χ1n) is 40.2. The third-order valence-corrected chi connectivity index (χ3v) is 18.8. The summed E-state index contributed by atoms with van der Waals surface area (Å²) in [6.45, 7) is 13.9. The lowest BCUT2D eigenvalue weighted by atomic mass is 9.99. The lowest BCUT2D eigenvalue weighted by Gasteiger charge is -2.09. The van der Waals surface area contributed by atoms with Gasteiger partial charge in [-0.3, -0.25) is 0 Å². The highest BCUT2D eigenvalue weighted by Crippen LogP contribution is 2.33. The van der Waals surface area contributed by atoms with Gasteiger partial charge < -0.3 is 56.8 Å². The van der Waals surface area contributed by atoms with Crippen LogP contribution in [0.3, 0.4) is 0 Å². The Bertz CT molecular complexity index is 4880. The van der Waals surface area contributed by atoms with Crippen LogP contribution in [0.1, 0.15) is 108 Å². The van der Waals surface area contributed by atoms with Crippen molar-refractivity contribution in [1.82, 2.24) is 0 Å². The topological polar surface area (TPSA) is 179 Å².